The van der Waals surface area contributed by atoms with Gasteiger partial charge in [-0.05, 0) is 94.8 Å². The van der Waals surface area contributed by atoms with E-state index in [1.807, 2.05) is 25.6 Å². The molecular weight excluding hydrogens is 1040 g/mol. The van der Waals surface area contributed by atoms with Crippen molar-refractivity contribution in [2.45, 2.75) is 203 Å². The first-order valence-electron chi connectivity index (χ1n) is 31.8. The van der Waals surface area contributed by atoms with Gasteiger partial charge in [0.05, 0.1) is 84.0 Å². The molecule has 80 heavy (non-hydrogen) atoms. The highest BCUT2D eigenvalue weighted by atomic mass is 32.2. The molecule has 11 unspecified atom stereocenters. The number of ether oxygens (including phenoxy) is 5. The van der Waals surface area contributed by atoms with Crippen LogP contribution >= 0.6 is 11.8 Å². The van der Waals surface area contributed by atoms with Gasteiger partial charge in [-0.25, -0.2) is 15.4 Å². The van der Waals surface area contributed by atoms with Crippen LogP contribution in [-0.4, -0.2) is 226 Å². The SMILES string of the molecule is CCC(CC)C1CC(N[C@H]2CC[C@H](NCC3CN(CCOCCOCCOCCOCCOC4CC(C5SCNC5C)CCC4CNC(=O)[C@@H]4C[C@@H](O)CN4C(=O)[C@H](C(C)C)N4CC5CCCCC5C4=O)NN3)C2)N2NCCC2N1. The lowest BCUT2D eigenvalue weighted by Gasteiger charge is -2.45. The molecule has 6 heterocycles. The molecule has 22 heteroatoms. The fourth-order valence-corrected chi connectivity index (χ4v) is 16.6. The molecular formula is C58H106N12O9S. The van der Waals surface area contributed by atoms with Gasteiger partial charge in [-0.1, -0.05) is 53.4 Å². The van der Waals surface area contributed by atoms with E-state index in [9.17, 15) is 19.5 Å². The van der Waals surface area contributed by atoms with Crippen molar-refractivity contribution >= 4 is 29.5 Å². The lowest BCUT2D eigenvalue weighted by molar-refractivity contribution is -0.149. The van der Waals surface area contributed by atoms with Crippen molar-refractivity contribution in [3.63, 3.8) is 0 Å². The number of carbonyl (C=O) groups excluding carboxylic acids is 3. The van der Waals surface area contributed by atoms with Crippen molar-refractivity contribution in [1.29, 1.82) is 0 Å². The topological polar surface area (TPSA) is 227 Å². The molecule has 6 aliphatic heterocycles. The molecule has 16 atom stereocenters. The van der Waals surface area contributed by atoms with Gasteiger partial charge in [0.1, 0.15) is 12.1 Å². The van der Waals surface area contributed by atoms with Gasteiger partial charge in [0.15, 0.2) is 0 Å². The normalized spacial score (nSPS) is 35.5. The summed E-state index contributed by atoms with van der Waals surface area (Å²) in [5.74, 6) is 2.09. The third-order valence-corrected chi connectivity index (χ3v) is 21.1. The van der Waals surface area contributed by atoms with E-state index in [4.69, 9.17) is 23.7 Å². The Labute approximate surface area is 483 Å². The number of aliphatic hydroxyl groups is 1. The number of fused-ring (bicyclic) bond motifs is 2. The Kier molecular flexibility index (Phi) is 24.7. The van der Waals surface area contributed by atoms with Crippen LogP contribution in [0.2, 0.25) is 0 Å². The van der Waals surface area contributed by atoms with Crippen molar-refractivity contribution in [3.05, 3.63) is 0 Å². The average Bonchev–Trinajstić information content (AvgIpc) is 4.43. The summed E-state index contributed by atoms with van der Waals surface area (Å²) in [7, 11) is 0. The predicted octanol–water partition coefficient (Wildman–Crippen LogP) is 2.11. The number of aliphatic hydroxyl groups excluding tert-OH is 1. The molecule has 3 amide bonds. The highest BCUT2D eigenvalue weighted by molar-refractivity contribution is 8.00. The largest absolute Gasteiger partial charge is 0.391 e. The van der Waals surface area contributed by atoms with Crippen molar-refractivity contribution < 1.29 is 43.2 Å². The summed E-state index contributed by atoms with van der Waals surface area (Å²) < 4.78 is 29.9. The molecule has 9 fully saturated rings. The van der Waals surface area contributed by atoms with E-state index >= 15 is 0 Å². The number of hydrogen-bond acceptors (Lipinski definition) is 19. The number of hydrazine groups is 3. The standard InChI is InChI=1S/C58H106N12O9S/c1-6-40(7-2)49-31-53(70-52(64-49)16-17-62-70)63-45-15-14-44(29-45)59-33-46-35-67(66-65-46)18-19-75-20-21-76-22-23-77-24-25-78-26-27-79-51-28-41(55-39(5)61-37-80-55)12-13-42(51)32-60-56(72)50-30-47(71)36-68(50)58(74)54(38(3)4)69-34-43-10-8-9-11-48(43)57(69)73/h38-55,59,61-66,71H,6-37H2,1-5H3,(H,60,72)/t39?,41?,42?,43?,44-,45-,46?,47+,48?,49?,50-,51?,52?,53?,54-,55?/m0/s1. The number of likely N-dealkylation sites (tertiary alicyclic amines) is 2. The van der Waals surface area contributed by atoms with E-state index in [1.54, 1.807) is 9.80 Å². The number of hydrogen-bond donors (Lipinski definition) is 9. The smallest absolute Gasteiger partial charge is 0.246 e. The Bertz CT molecular complexity index is 1900. The first kappa shape index (κ1) is 62.7. The van der Waals surface area contributed by atoms with Crippen LogP contribution in [0.25, 0.3) is 0 Å². The fraction of sp³-hybridized carbons (Fsp3) is 0.948. The average molecular weight is 1150 g/mol. The van der Waals surface area contributed by atoms with E-state index in [0.717, 1.165) is 89.3 Å². The Hall–Kier alpha value is -1.84. The maximum Gasteiger partial charge on any atom is 0.246 e. The van der Waals surface area contributed by atoms with Gasteiger partial charge in [0.2, 0.25) is 17.7 Å². The van der Waals surface area contributed by atoms with E-state index in [2.05, 4.69) is 73.8 Å². The van der Waals surface area contributed by atoms with Crippen molar-refractivity contribution in [3.8, 4) is 0 Å². The fourth-order valence-electron chi connectivity index (χ4n) is 15.2. The molecule has 458 valence electrons. The van der Waals surface area contributed by atoms with Crippen molar-refractivity contribution in [2.24, 2.45) is 35.5 Å². The molecule has 0 aromatic carbocycles. The third kappa shape index (κ3) is 16.8. The van der Waals surface area contributed by atoms with E-state index in [-0.39, 0.29) is 54.5 Å². The van der Waals surface area contributed by atoms with Crippen molar-refractivity contribution in [1.82, 2.24) is 62.8 Å². The summed E-state index contributed by atoms with van der Waals surface area (Å²) in [5.41, 5.74) is 10.4. The lowest BCUT2D eigenvalue weighted by Crippen LogP contribution is -2.66. The minimum absolute atomic E-state index is 0.00389. The Balaban J connectivity index is 0.596. The van der Waals surface area contributed by atoms with E-state index < -0.39 is 18.2 Å². The molecule has 3 aliphatic carbocycles. The molecule has 3 saturated carbocycles. The molecule has 9 rings (SSSR count). The van der Waals surface area contributed by atoms with E-state index in [1.165, 1.54) is 38.5 Å². The second kappa shape index (κ2) is 31.5. The Morgan fingerprint density at radius 2 is 1.54 bits per heavy atom. The number of nitrogens with zero attached hydrogens (tertiary/aromatic N) is 4. The molecule has 0 radical (unpaired) electrons. The number of rotatable bonds is 31. The molecule has 21 nitrogen and oxygen atoms in total. The summed E-state index contributed by atoms with van der Waals surface area (Å²) in [4.78, 5) is 45.4. The van der Waals surface area contributed by atoms with Gasteiger partial charge < -0.3 is 54.5 Å². The molecule has 9 aliphatic rings. The highest BCUT2D eigenvalue weighted by Gasteiger charge is 2.50. The van der Waals surface area contributed by atoms with Gasteiger partial charge >= 0.3 is 0 Å². The molecule has 6 saturated heterocycles. The predicted molar refractivity (Wildman–Crippen MR) is 309 cm³/mol. The summed E-state index contributed by atoms with van der Waals surface area (Å²) in [6, 6.07) is 1.04. The minimum atomic E-state index is -0.794. The van der Waals surface area contributed by atoms with Gasteiger partial charge in [-0.3, -0.25) is 30.4 Å². The lowest BCUT2D eigenvalue weighted by atomic mass is 9.77. The van der Waals surface area contributed by atoms with Crippen LogP contribution in [0, 0.1) is 35.5 Å². The van der Waals surface area contributed by atoms with Crippen LogP contribution in [-0.2, 0) is 38.1 Å². The maximum atomic E-state index is 14.4. The zero-order valence-electron chi connectivity index (χ0n) is 49.4. The van der Waals surface area contributed by atoms with Gasteiger partial charge in [0.25, 0.3) is 0 Å². The van der Waals surface area contributed by atoms with Crippen LogP contribution in [0.3, 0.4) is 0 Å². The van der Waals surface area contributed by atoms with Crippen LogP contribution in [0.5, 0.6) is 0 Å². The second-order valence-corrected chi connectivity index (χ2v) is 26.5. The Morgan fingerprint density at radius 1 is 0.800 bits per heavy atom. The monoisotopic (exact) mass is 1150 g/mol. The van der Waals surface area contributed by atoms with Gasteiger partial charge in [0, 0.05) is 105 Å². The number of thioether (sulfide) groups is 1. The van der Waals surface area contributed by atoms with Crippen LogP contribution in [0.4, 0.5) is 0 Å². The zero-order chi connectivity index (χ0) is 56.0. The van der Waals surface area contributed by atoms with Crippen LogP contribution < -0.4 is 43.0 Å². The maximum absolute atomic E-state index is 14.4. The quantitative estimate of drug-likeness (QED) is 0.0454. The molecule has 0 bridgehead atoms. The minimum Gasteiger partial charge on any atom is -0.391 e. The zero-order valence-corrected chi connectivity index (χ0v) is 50.2. The van der Waals surface area contributed by atoms with Crippen molar-refractivity contribution in [2.75, 3.05) is 111 Å². The summed E-state index contributed by atoms with van der Waals surface area (Å²) in [6.45, 7) is 20.2. The number of β-amino-alcohol motifs (C(OH)–C–C–N with tert-alkyl or cyclic N) is 1. The molecule has 9 N–H and O–H groups in total. The van der Waals surface area contributed by atoms with Crippen LogP contribution in [0.15, 0.2) is 0 Å². The third-order valence-electron chi connectivity index (χ3n) is 19.6. The van der Waals surface area contributed by atoms with Gasteiger partial charge in [-0.15, -0.1) is 11.8 Å². The Morgan fingerprint density at radius 3 is 2.26 bits per heavy atom. The summed E-state index contributed by atoms with van der Waals surface area (Å²) >= 11 is 1.99. The molecule has 0 spiro atoms. The first-order chi connectivity index (χ1) is 39.0. The first-order valence-corrected chi connectivity index (χ1v) is 32.9. The summed E-state index contributed by atoms with van der Waals surface area (Å²) in [6.07, 6.45) is 15.6. The van der Waals surface area contributed by atoms with E-state index in [0.29, 0.717) is 132 Å². The highest BCUT2D eigenvalue weighted by Crippen LogP contribution is 2.41. The number of nitrogens with one attached hydrogen (secondary N) is 8. The van der Waals surface area contributed by atoms with Gasteiger partial charge in [-0.2, -0.15) is 5.53 Å². The van der Waals surface area contributed by atoms with Crippen LogP contribution in [0.1, 0.15) is 131 Å². The molecule has 0 aromatic heterocycles. The second-order valence-electron chi connectivity index (χ2n) is 25.3. The molecule has 0 aromatic rings. The number of carbonyl (C=O) groups is 3. The number of amides is 3. The summed E-state index contributed by atoms with van der Waals surface area (Å²) in [5, 5.41) is 34.7.